The first-order valence-corrected chi connectivity index (χ1v) is 6.27. The number of halogens is 4. The molecule has 2 aromatic carbocycles. The molecule has 0 saturated carbocycles. The average Bonchev–Trinajstić information content (AvgIpc) is 2.41. The van der Waals surface area contributed by atoms with Crippen molar-refractivity contribution in [3.8, 4) is 5.75 Å². The van der Waals surface area contributed by atoms with Gasteiger partial charge < -0.3 is 4.74 Å². The summed E-state index contributed by atoms with van der Waals surface area (Å²) in [6.45, 7) is 0. The van der Waals surface area contributed by atoms with Gasteiger partial charge >= 0.3 is 0 Å². The van der Waals surface area contributed by atoms with Crippen LogP contribution in [0.25, 0.3) is 0 Å². The SMILES string of the molecule is COc1ccc(Cl)cc1C(Cl)c1ccc(F)c(F)c1. The van der Waals surface area contributed by atoms with Crippen molar-refractivity contribution in [2.75, 3.05) is 7.11 Å². The molecule has 0 radical (unpaired) electrons. The van der Waals surface area contributed by atoms with Gasteiger partial charge in [0.05, 0.1) is 12.5 Å². The second-order valence-corrected chi connectivity index (χ2v) is 4.80. The Morgan fingerprint density at radius 3 is 2.42 bits per heavy atom. The van der Waals surface area contributed by atoms with Crippen molar-refractivity contribution in [3.63, 3.8) is 0 Å². The lowest BCUT2D eigenvalue weighted by molar-refractivity contribution is 0.410. The molecule has 0 N–H and O–H groups in total. The van der Waals surface area contributed by atoms with Crippen LogP contribution in [-0.4, -0.2) is 7.11 Å². The predicted octanol–water partition coefficient (Wildman–Crippen LogP) is 4.96. The fourth-order valence-electron chi connectivity index (χ4n) is 1.75. The highest BCUT2D eigenvalue weighted by Crippen LogP contribution is 2.36. The van der Waals surface area contributed by atoms with Gasteiger partial charge in [0.15, 0.2) is 11.6 Å². The normalized spacial score (nSPS) is 12.3. The van der Waals surface area contributed by atoms with Crippen LogP contribution in [0.3, 0.4) is 0 Å². The molecule has 0 aromatic heterocycles. The molecule has 0 aliphatic carbocycles. The number of benzene rings is 2. The van der Waals surface area contributed by atoms with Gasteiger partial charge in [-0.2, -0.15) is 0 Å². The van der Waals surface area contributed by atoms with E-state index in [0.29, 0.717) is 21.9 Å². The third kappa shape index (κ3) is 2.99. The van der Waals surface area contributed by atoms with Crippen molar-refractivity contribution in [1.82, 2.24) is 0 Å². The highest BCUT2D eigenvalue weighted by molar-refractivity contribution is 6.31. The van der Waals surface area contributed by atoms with Crippen LogP contribution in [-0.2, 0) is 0 Å². The maximum absolute atomic E-state index is 13.2. The van der Waals surface area contributed by atoms with Crippen LogP contribution in [0.5, 0.6) is 5.75 Å². The van der Waals surface area contributed by atoms with E-state index in [9.17, 15) is 8.78 Å². The standard InChI is InChI=1S/C14H10Cl2F2O/c1-19-13-5-3-9(15)7-10(13)14(16)8-2-4-11(17)12(18)6-8/h2-7,14H,1H3. The smallest absolute Gasteiger partial charge is 0.159 e. The molecule has 0 spiro atoms. The Kier molecular flexibility index (Phi) is 4.27. The summed E-state index contributed by atoms with van der Waals surface area (Å²) in [7, 11) is 1.50. The molecule has 0 bridgehead atoms. The summed E-state index contributed by atoms with van der Waals surface area (Å²) in [6.07, 6.45) is 0. The van der Waals surface area contributed by atoms with Crippen LogP contribution in [0.2, 0.25) is 5.02 Å². The molecule has 0 amide bonds. The molecule has 2 aromatic rings. The molecule has 0 fully saturated rings. The first-order valence-electron chi connectivity index (χ1n) is 5.45. The van der Waals surface area contributed by atoms with E-state index in [-0.39, 0.29) is 0 Å². The Hall–Kier alpha value is -1.32. The number of methoxy groups -OCH3 is 1. The number of alkyl halides is 1. The Balaban J connectivity index is 2.45. The fourth-order valence-corrected chi connectivity index (χ4v) is 2.24. The highest BCUT2D eigenvalue weighted by Gasteiger charge is 2.17. The van der Waals surface area contributed by atoms with Crippen LogP contribution >= 0.6 is 23.2 Å². The maximum Gasteiger partial charge on any atom is 0.159 e. The van der Waals surface area contributed by atoms with E-state index in [1.807, 2.05) is 0 Å². The van der Waals surface area contributed by atoms with Crippen LogP contribution in [0, 0.1) is 11.6 Å². The Morgan fingerprint density at radius 2 is 1.79 bits per heavy atom. The molecular weight excluding hydrogens is 293 g/mol. The molecule has 0 heterocycles. The summed E-state index contributed by atoms with van der Waals surface area (Å²) in [6, 6.07) is 8.51. The number of hydrogen-bond acceptors (Lipinski definition) is 1. The zero-order valence-electron chi connectivity index (χ0n) is 9.96. The van der Waals surface area contributed by atoms with Gasteiger partial charge in [0, 0.05) is 10.6 Å². The summed E-state index contributed by atoms with van der Waals surface area (Å²) < 4.78 is 31.3. The van der Waals surface area contributed by atoms with Gasteiger partial charge in [0.2, 0.25) is 0 Å². The van der Waals surface area contributed by atoms with Gasteiger partial charge in [0.1, 0.15) is 5.75 Å². The zero-order valence-corrected chi connectivity index (χ0v) is 11.5. The van der Waals surface area contributed by atoms with E-state index < -0.39 is 17.0 Å². The molecule has 1 nitrogen and oxygen atoms in total. The summed E-state index contributed by atoms with van der Waals surface area (Å²) >= 11 is 12.2. The van der Waals surface area contributed by atoms with Crippen LogP contribution < -0.4 is 4.74 Å². The monoisotopic (exact) mass is 302 g/mol. The van der Waals surface area contributed by atoms with Gasteiger partial charge in [-0.3, -0.25) is 0 Å². The van der Waals surface area contributed by atoms with E-state index in [4.69, 9.17) is 27.9 Å². The van der Waals surface area contributed by atoms with Gasteiger partial charge in [-0.25, -0.2) is 8.78 Å². The van der Waals surface area contributed by atoms with Crippen molar-refractivity contribution in [1.29, 1.82) is 0 Å². The highest BCUT2D eigenvalue weighted by atomic mass is 35.5. The van der Waals surface area contributed by atoms with Gasteiger partial charge in [-0.15, -0.1) is 11.6 Å². The van der Waals surface area contributed by atoms with Crippen molar-refractivity contribution in [2.24, 2.45) is 0 Å². The lowest BCUT2D eigenvalue weighted by Gasteiger charge is -2.15. The van der Waals surface area contributed by atoms with E-state index in [0.717, 1.165) is 12.1 Å². The van der Waals surface area contributed by atoms with Crippen molar-refractivity contribution < 1.29 is 13.5 Å². The first kappa shape index (κ1) is 14.1. The quantitative estimate of drug-likeness (QED) is 0.729. The summed E-state index contributed by atoms with van der Waals surface area (Å²) in [5, 5.41) is -0.187. The van der Waals surface area contributed by atoms with E-state index in [1.54, 1.807) is 18.2 Å². The number of ether oxygens (including phenoxy) is 1. The predicted molar refractivity (Wildman–Crippen MR) is 72.1 cm³/mol. The van der Waals surface area contributed by atoms with Gasteiger partial charge in [-0.05, 0) is 35.9 Å². The van der Waals surface area contributed by atoms with Crippen molar-refractivity contribution in [2.45, 2.75) is 5.38 Å². The van der Waals surface area contributed by atoms with Crippen LogP contribution in [0.15, 0.2) is 36.4 Å². The second-order valence-electron chi connectivity index (χ2n) is 3.92. The molecule has 1 atom stereocenters. The lowest BCUT2D eigenvalue weighted by Crippen LogP contribution is -1.99. The second kappa shape index (κ2) is 5.76. The minimum absolute atomic E-state index is 0.432. The third-order valence-corrected chi connectivity index (χ3v) is 3.42. The van der Waals surface area contributed by atoms with Crippen molar-refractivity contribution in [3.05, 3.63) is 64.2 Å². The van der Waals surface area contributed by atoms with Gasteiger partial charge in [-0.1, -0.05) is 17.7 Å². The Morgan fingerprint density at radius 1 is 1.05 bits per heavy atom. The minimum atomic E-state index is -0.941. The van der Waals surface area contributed by atoms with E-state index >= 15 is 0 Å². The Labute approximate surface area is 119 Å². The molecule has 0 aliphatic heterocycles. The van der Waals surface area contributed by atoms with Crippen LogP contribution in [0.1, 0.15) is 16.5 Å². The summed E-state index contributed by atoms with van der Waals surface area (Å²) in [5.41, 5.74) is 1.03. The molecule has 2 rings (SSSR count). The lowest BCUT2D eigenvalue weighted by atomic mass is 10.0. The van der Waals surface area contributed by atoms with Crippen LogP contribution in [0.4, 0.5) is 8.78 Å². The molecule has 0 aliphatic rings. The zero-order chi connectivity index (χ0) is 14.0. The summed E-state index contributed by atoms with van der Waals surface area (Å²) in [4.78, 5) is 0. The largest absolute Gasteiger partial charge is 0.496 e. The first-order chi connectivity index (χ1) is 9.02. The molecule has 5 heteroatoms. The van der Waals surface area contributed by atoms with Gasteiger partial charge in [0.25, 0.3) is 0 Å². The fraction of sp³-hybridized carbons (Fsp3) is 0.143. The minimum Gasteiger partial charge on any atom is -0.496 e. The maximum atomic E-state index is 13.2. The molecule has 0 saturated heterocycles. The van der Waals surface area contributed by atoms with E-state index in [1.165, 1.54) is 13.2 Å². The topological polar surface area (TPSA) is 9.23 Å². The van der Waals surface area contributed by atoms with E-state index in [2.05, 4.69) is 0 Å². The molecule has 19 heavy (non-hydrogen) atoms. The molecule has 100 valence electrons. The third-order valence-electron chi connectivity index (χ3n) is 2.70. The summed E-state index contributed by atoms with van der Waals surface area (Å²) in [5.74, 6) is -1.32. The molecule has 1 unspecified atom stereocenters. The molecular formula is C14H10Cl2F2O. The van der Waals surface area contributed by atoms with Crippen molar-refractivity contribution >= 4 is 23.2 Å². The Bertz CT molecular complexity index is 602. The number of hydrogen-bond donors (Lipinski definition) is 0. The number of rotatable bonds is 3. The average molecular weight is 303 g/mol.